The number of carbonyl (C=O) groups excluding carboxylic acids is 1. The Labute approximate surface area is 268 Å². The maximum absolute atomic E-state index is 13.4. The summed E-state index contributed by atoms with van der Waals surface area (Å²) in [5.41, 5.74) is 9.34. The quantitative estimate of drug-likeness (QED) is 0.304. The maximum Gasteiger partial charge on any atom is 0.257 e. The summed E-state index contributed by atoms with van der Waals surface area (Å²) in [6.07, 6.45) is 17.0. The molecule has 2 aromatic rings. The molecule has 0 spiro atoms. The number of carbonyl (C=O) groups is 1. The third-order valence-electron chi connectivity index (χ3n) is 10.4. The van der Waals surface area contributed by atoms with Crippen molar-refractivity contribution >= 4 is 29.5 Å². The largest absolute Gasteiger partial charge is 0.495 e. The summed E-state index contributed by atoms with van der Waals surface area (Å²) in [5.74, 6) is 2.50. The van der Waals surface area contributed by atoms with Gasteiger partial charge in [0.25, 0.3) is 5.56 Å². The third kappa shape index (κ3) is 7.37. The number of hydrogen-bond donors (Lipinski definition) is 1. The smallest absolute Gasteiger partial charge is 0.257 e. The fraction of sp³-hybridized carbons (Fsp3) is 0.487. The Hall–Kier alpha value is -3.80. The second kappa shape index (κ2) is 14.5. The van der Waals surface area contributed by atoms with Crippen LogP contribution >= 0.6 is 0 Å². The molecule has 6 nitrogen and oxygen atoms in total. The van der Waals surface area contributed by atoms with Gasteiger partial charge in [-0.15, -0.1) is 0 Å². The number of nitrogens with one attached hydrogen (secondary N) is 1. The minimum absolute atomic E-state index is 0.0706. The average molecular weight is 608 g/mol. The molecule has 45 heavy (non-hydrogen) atoms. The molecule has 1 aromatic carbocycles. The normalized spacial score (nSPS) is 24.7. The van der Waals surface area contributed by atoms with Crippen LogP contribution in [-0.4, -0.2) is 29.8 Å². The standard InChI is InChI=1S/C39H49N3O3/c1-7-29-20-32(35-22-40-23-36(45-6)27(5)26(35)4)21-31-17-18-41-39(44)37(31)38(29)42-33-15-16-34(24(2)19-33)30-10-8-9-28(13-14-30)12-11-25(3)43/h15-19,21-23,26,28-30H,7-14,20H2,1-6H3,(H,41,44). The summed E-state index contributed by atoms with van der Waals surface area (Å²) in [7, 11) is 1.69. The minimum atomic E-state index is -0.105. The molecule has 4 unspecified atom stereocenters. The lowest BCUT2D eigenvalue weighted by atomic mass is 9.83. The van der Waals surface area contributed by atoms with Crippen molar-refractivity contribution in [3.05, 3.63) is 91.7 Å². The summed E-state index contributed by atoms with van der Waals surface area (Å²) >= 11 is 0. The Balaban J connectivity index is 1.46. The molecule has 1 saturated carbocycles. The van der Waals surface area contributed by atoms with Crippen molar-refractivity contribution in [3.8, 4) is 0 Å². The number of ketones is 1. The first-order chi connectivity index (χ1) is 21.7. The van der Waals surface area contributed by atoms with Gasteiger partial charge in [-0.2, -0.15) is 0 Å². The average Bonchev–Trinajstić information content (AvgIpc) is 3.41. The molecule has 0 amide bonds. The van der Waals surface area contributed by atoms with Crippen LogP contribution in [0.5, 0.6) is 0 Å². The predicted molar refractivity (Wildman–Crippen MR) is 185 cm³/mol. The zero-order valence-electron chi connectivity index (χ0n) is 27.9. The molecule has 0 saturated heterocycles. The number of allylic oxidation sites excluding steroid dienone is 4. The molecular weight excluding hydrogens is 558 g/mol. The van der Waals surface area contributed by atoms with Gasteiger partial charge in [-0.1, -0.05) is 38.8 Å². The number of ether oxygens (including phenoxy) is 1. The Morgan fingerprint density at radius 1 is 1.13 bits per heavy atom. The first-order valence-electron chi connectivity index (χ1n) is 16.8. The number of methoxy groups -OCH3 is 1. The number of hydrogen-bond acceptors (Lipinski definition) is 5. The molecule has 5 rings (SSSR count). The number of rotatable bonds is 8. The van der Waals surface area contributed by atoms with E-state index in [1.807, 2.05) is 12.3 Å². The Morgan fingerprint density at radius 3 is 2.69 bits per heavy atom. The lowest BCUT2D eigenvalue weighted by Gasteiger charge is -2.22. The van der Waals surface area contributed by atoms with Gasteiger partial charge in [0.05, 0.1) is 30.3 Å². The molecule has 238 valence electrons. The van der Waals surface area contributed by atoms with E-state index in [-0.39, 0.29) is 17.4 Å². The molecule has 3 aliphatic rings. The molecule has 1 N–H and O–H groups in total. The zero-order valence-corrected chi connectivity index (χ0v) is 27.9. The van der Waals surface area contributed by atoms with E-state index in [9.17, 15) is 9.59 Å². The molecule has 2 aliphatic carbocycles. The van der Waals surface area contributed by atoms with Crippen molar-refractivity contribution in [2.75, 3.05) is 7.11 Å². The second-order valence-corrected chi connectivity index (χ2v) is 13.3. The van der Waals surface area contributed by atoms with Crippen LogP contribution in [0.4, 0.5) is 5.69 Å². The fourth-order valence-corrected chi connectivity index (χ4v) is 7.51. The zero-order chi connectivity index (χ0) is 32.1. The van der Waals surface area contributed by atoms with Gasteiger partial charge < -0.3 is 14.5 Å². The van der Waals surface area contributed by atoms with E-state index < -0.39 is 0 Å². The van der Waals surface area contributed by atoms with Crippen molar-refractivity contribution in [2.45, 2.75) is 98.3 Å². The van der Waals surface area contributed by atoms with E-state index in [1.54, 1.807) is 26.4 Å². The van der Waals surface area contributed by atoms with Crippen LogP contribution in [0, 0.1) is 24.7 Å². The Morgan fingerprint density at radius 2 is 1.96 bits per heavy atom. The van der Waals surface area contributed by atoms with E-state index in [0.717, 1.165) is 53.1 Å². The molecule has 1 fully saturated rings. The topological polar surface area (TPSA) is 83.9 Å². The highest BCUT2D eigenvalue weighted by molar-refractivity contribution is 6.07. The lowest BCUT2D eigenvalue weighted by molar-refractivity contribution is -0.117. The van der Waals surface area contributed by atoms with Crippen LogP contribution in [0.25, 0.3) is 6.08 Å². The molecular formula is C39H49N3O3. The SMILES string of the molecule is CCC1CC(C2=CN=CC(OC)=C(C)C2C)=Cc2cc[nH]c(=O)c2C1=Nc1ccc(C2CCCC(CCC(C)=O)CC2)c(C)c1. The molecule has 1 aromatic heterocycles. The van der Waals surface area contributed by atoms with Crippen molar-refractivity contribution in [1.82, 2.24) is 4.98 Å². The van der Waals surface area contributed by atoms with Gasteiger partial charge in [0, 0.05) is 30.7 Å². The number of pyridine rings is 1. The molecule has 2 heterocycles. The van der Waals surface area contributed by atoms with Gasteiger partial charge in [0.1, 0.15) is 11.5 Å². The molecule has 4 atom stereocenters. The third-order valence-corrected chi connectivity index (χ3v) is 10.4. The molecule has 0 radical (unpaired) electrons. The Kier molecular flexibility index (Phi) is 10.5. The first-order valence-corrected chi connectivity index (χ1v) is 16.8. The van der Waals surface area contributed by atoms with Crippen molar-refractivity contribution < 1.29 is 9.53 Å². The van der Waals surface area contributed by atoms with Crippen molar-refractivity contribution in [3.63, 3.8) is 0 Å². The number of fused-ring (bicyclic) bond motifs is 1. The van der Waals surface area contributed by atoms with E-state index in [0.29, 0.717) is 29.6 Å². The highest BCUT2D eigenvalue weighted by Gasteiger charge is 2.30. The van der Waals surface area contributed by atoms with Crippen LogP contribution in [0.3, 0.4) is 0 Å². The summed E-state index contributed by atoms with van der Waals surface area (Å²) in [4.78, 5) is 37.7. The van der Waals surface area contributed by atoms with Gasteiger partial charge in [-0.05, 0) is 123 Å². The number of Topliss-reactive ketones (excluding diaryl/α,β-unsaturated/α-hetero) is 1. The number of benzene rings is 1. The number of aromatic amines is 1. The summed E-state index contributed by atoms with van der Waals surface area (Å²) in [6.45, 7) is 10.4. The van der Waals surface area contributed by atoms with E-state index in [2.05, 4.69) is 61.9 Å². The number of nitrogens with zero attached hydrogens (tertiary/aromatic N) is 2. The van der Waals surface area contributed by atoms with Crippen LogP contribution in [0.2, 0.25) is 0 Å². The van der Waals surface area contributed by atoms with Gasteiger partial charge in [-0.3, -0.25) is 14.8 Å². The summed E-state index contributed by atoms with van der Waals surface area (Å²) in [6, 6.07) is 8.60. The van der Waals surface area contributed by atoms with Gasteiger partial charge in [-0.25, -0.2) is 0 Å². The number of aryl methyl sites for hydroxylation is 1. The van der Waals surface area contributed by atoms with Crippen LogP contribution in [-0.2, 0) is 9.53 Å². The Bertz CT molecular complexity index is 1640. The van der Waals surface area contributed by atoms with Crippen LogP contribution in [0.15, 0.2) is 73.9 Å². The van der Waals surface area contributed by atoms with Crippen LogP contribution < -0.4 is 5.56 Å². The fourth-order valence-electron chi connectivity index (χ4n) is 7.51. The van der Waals surface area contributed by atoms with E-state index in [1.165, 1.54) is 48.8 Å². The van der Waals surface area contributed by atoms with Crippen molar-refractivity contribution in [2.24, 2.45) is 27.7 Å². The van der Waals surface area contributed by atoms with Gasteiger partial charge in [0.15, 0.2) is 0 Å². The van der Waals surface area contributed by atoms with E-state index >= 15 is 0 Å². The number of H-pyrrole nitrogens is 1. The molecule has 0 bridgehead atoms. The highest BCUT2D eigenvalue weighted by atomic mass is 16.5. The van der Waals surface area contributed by atoms with Gasteiger partial charge >= 0.3 is 0 Å². The monoisotopic (exact) mass is 607 g/mol. The molecule has 1 aliphatic heterocycles. The van der Waals surface area contributed by atoms with Crippen LogP contribution in [0.1, 0.15) is 114 Å². The predicted octanol–water partition coefficient (Wildman–Crippen LogP) is 9.18. The van der Waals surface area contributed by atoms with E-state index in [4.69, 9.17) is 9.73 Å². The van der Waals surface area contributed by atoms with Gasteiger partial charge in [0.2, 0.25) is 0 Å². The second-order valence-electron chi connectivity index (χ2n) is 13.3. The molecule has 6 heteroatoms. The first kappa shape index (κ1) is 32.6. The summed E-state index contributed by atoms with van der Waals surface area (Å²) < 4.78 is 5.60. The minimum Gasteiger partial charge on any atom is -0.495 e. The van der Waals surface area contributed by atoms with Crippen molar-refractivity contribution in [1.29, 1.82) is 0 Å². The maximum atomic E-state index is 13.4. The number of aliphatic imine (C=N–C) groups is 2. The highest BCUT2D eigenvalue weighted by Crippen LogP contribution is 2.40. The summed E-state index contributed by atoms with van der Waals surface area (Å²) in [5, 5.41) is 0. The lowest BCUT2D eigenvalue weighted by Crippen LogP contribution is -2.24. The number of aromatic nitrogens is 1.